The fourth-order valence-corrected chi connectivity index (χ4v) is 1.06. The van der Waals surface area contributed by atoms with Gasteiger partial charge < -0.3 is 10.5 Å². The van der Waals surface area contributed by atoms with Crippen LogP contribution in [0.25, 0.3) is 0 Å². The third-order valence-electron chi connectivity index (χ3n) is 0.924. The summed E-state index contributed by atoms with van der Waals surface area (Å²) >= 11 is 2.16. The van der Waals surface area contributed by atoms with Crippen LogP contribution in [-0.4, -0.2) is 23.5 Å². The highest BCUT2D eigenvalue weighted by Crippen LogP contribution is 1.94. The highest BCUT2D eigenvalue weighted by molar-refractivity contribution is 14.1. The molecule has 54 valence electrons. The van der Waals surface area contributed by atoms with Gasteiger partial charge in [-0.15, -0.1) is 0 Å². The molecule has 0 aliphatic carbocycles. The SMILES string of the molecule is COC(=O)[C@@H](N)CCI. The van der Waals surface area contributed by atoms with Crippen LogP contribution in [0.1, 0.15) is 6.42 Å². The summed E-state index contributed by atoms with van der Waals surface area (Å²) in [7, 11) is 1.34. The number of hydrogen-bond acceptors (Lipinski definition) is 3. The van der Waals surface area contributed by atoms with Crippen LogP contribution in [0.5, 0.6) is 0 Å². The van der Waals surface area contributed by atoms with Crippen molar-refractivity contribution < 1.29 is 9.53 Å². The Morgan fingerprint density at radius 3 is 2.78 bits per heavy atom. The van der Waals surface area contributed by atoms with Crippen molar-refractivity contribution in [3.8, 4) is 0 Å². The molecule has 0 aliphatic rings. The zero-order valence-corrected chi connectivity index (χ0v) is 7.42. The molecule has 1 atom stereocenters. The van der Waals surface area contributed by atoms with Crippen LogP contribution in [0.2, 0.25) is 0 Å². The van der Waals surface area contributed by atoms with Gasteiger partial charge in [0.2, 0.25) is 0 Å². The Morgan fingerprint density at radius 1 is 1.89 bits per heavy atom. The monoisotopic (exact) mass is 243 g/mol. The first kappa shape index (κ1) is 9.16. The molecule has 3 nitrogen and oxygen atoms in total. The second kappa shape index (κ2) is 4.99. The smallest absolute Gasteiger partial charge is 0.322 e. The summed E-state index contributed by atoms with van der Waals surface area (Å²) in [5.74, 6) is -0.327. The third kappa shape index (κ3) is 3.69. The van der Waals surface area contributed by atoms with Gasteiger partial charge in [-0.25, -0.2) is 0 Å². The molecule has 2 N–H and O–H groups in total. The number of halogens is 1. The summed E-state index contributed by atoms with van der Waals surface area (Å²) in [5.41, 5.74) is 5.36. The molecule has 0 saturated carbocycles. The normalized spacial score (nSPS) is 12.8. The molecule has 0 aromatic heterocycles. The van der Waals surface area contributed by atoms with Gasteiger partial charge in [0.25, 0.3) is 0 Å². The lowest BCUT2D eigenvalue weighted by molar-refractivity contribution is -0.142. The van der Waals surface area contributed by atoms with Crippen molar-refractivity contribution in [2.24, 2.45) is 5.73 Å². The summed E-state index contributed by atoms with van der Waals surface area (Å²) in [4.78, 5) is 10.6. The number of esters is 1. The van der Waals surface area contributed by atoms with Gasteiger partial charge in [-0.05, 0) is 6.42 Å². The lowest BCUT2D eigenvalue weighted by atomic mass is 10.2. The molecule has 0 spiro atoms. The van der Waals surface area contributed by atoms with E-state index < -0.39 is 6.04 Å². The highest BCUT2D eigenvalue weighted by atomic mass is 127. The van der Waals surface area contributed by atoms with E-state index in [0.717, 1.165) is 4.43 Å². The fraction of sp³-hybridized carbons (Fsp3) is 0.800. The zero-order valence-electron chi connectivity index (χ0n) is 5.26. The van der Waals surface area contributed by atoms with Crippen LogP contribution in [0, 0.1) is 0 Å². The molecule has 0 aromatic rings. The Bertz CT molecular complexity index is 97.0. The average Bonchev–Trinajstić information content (AvgIpc) is 1.87. The number of carbonyl (C=O) groups is 1. The average molecular weight is 243 g/mol. The molecular weight excluding hydrogens is 233 g/mol. The Morgan fingerprint density at radius 2 is 2.44 bits per heavy atom. The van der Waals surface area contributed by atoms with Crippen LogP contribution in [0.4, 0.5) is 0 Å². The quantitative estimate of drug-likeness (QED) is 0.441. The first-order valence-electron chi connectivity index (χ1n) is 2.61. The first-order valence-corrected chi connectivity index (χ1v) is 4.14. The van der Waals surface area contributed by atoms with Gasteiger partial charge >= 0.3 is 5.97 Å². The Kier molecular flexibility index (Phi) is 5.07. The summed E-state index contributed by atoms with van der Waals surface area (Å²) in [6, 6.07) is -0.438. The molecule has 0 heterocycles. The van der Waals surface area contributed by atoms with Gasteiger partial charge in [-0.2, -0.15) is 0 Å². The van der Waals surface area contributed by atoms with E-state index >= 15 is 0 Å². The number of nitrogens with two attached hydrogens (primary N) is 1. The van der Waals surface area contributed by atoms with Crippen LogP contribution >= 0.6 is 22.6 Å². The van der Waals surface area contributed by atoms with Crippen molar-refractivity contribution >= 4 is 28.6 Å². The van der Waals surface area contributed by atoms with Crippen molar-refractivity contribution in [3.63, 3.8) is 0 Å². The summed E-state index contributed by atoms with van der Waals surface area (Å²) < 4.78 is 5.28. The van der Waals surface area contributed by atoms with E-state index in [4.69, 9.17) is 5.73 Å². The lowest BCUT2D eigenvalue weighted by Gasteiger charge is -2.04. The van der Waals surface area contributed by atoms with Crippen molar-refractivity contribution in [3.05, 3.63) is 0 Å². The number of methoxy groups -OCH3 is 1. The molecule has 0 bridgehead atoms. The largest absolute Gasteiger partial charge is 0.468 e. The standard InChI is InChI=1S/C5H10INO2/c1-9-5(8)4(7)2-3-6/h4H,2-3,7H2,1H3/t4-/m0/s1. The maximum absolute atomic E-state index is 10.6. The zero-order chi connectivity index (χ0) is 7.28. The van der Waals surface area contributed by atoms with Gasteiger partial charge in [0.1, 0.15) is 6.04 Å². The van der Waals surface area contributed by atoms with Crippen molar-refractivity contribution in [1.29, 1.82) is 0 Å². The van der Waals surface area contributed by atoms with Crippen LogP contribution in [-0.2, 0) is 9.53 Å². The highest BCUT2D eigenvalue weighted by Gasteiger charge is 2.11. The third-order valence-corrected chi connectivity index (χ3v) is 1.55. The van der Waals surface area contributed by atoms with E-state index in [1.807, 2.05) is 0 Å². The van der Waals surface area contributed by atoms with Crippen molar-refractivity contribution in [1.82, 2.24) is 0 Å². The van der Waals surface area contributed by atoms with E-state index in [9.17, 15) is 4.79 Å². The van der Waals surface area contributed by atoms with Crippen LogP contribution in [0.3, 0.4) is 0 Å². The van der Waals surface area contributed by atoms with E-state index in [-0.39, 0.29) is 5.97 Å². The molecular formula is C5H10INO2. The maximum atomic E-state index is 10.6. The number of carbonyl (C=O) groups excluding carboxylic acids is 1. The fourth-order valence-electron chi connectivity index (χ4n) is 0.387. The van der Waals surface area contributed by atoms with E-state index in [0.29, 0.717) is 6.42 Å². The van der Waals surface area contributed by atoms with Gasteiger partial charge in [-0.3, -0.25) is 4.79 Å². The van der Waals surface area contributed by atoms with Gasteiger partial charge in [0, 0.05) is 4.43 Å². The predicted octanol–water partition coefficient (Wildman–Crippen LogP) is 0.312. The molecule has 0 aliphatic heterocycles. The predicted molar refractivity (Wildman–Crippen MR) is 43.5 cm³/mol. The topological polar surface area (TPSA) is 52.3 Å². The van der Waals surface area contributed by atoms with Crippen LogP contribution in [0.15, 0.2) is 0 Å². The molecule has 0 rings (SSSR count). The number of hydrogen-bond donors (Lipinski definition) is 1. The minimum atomic E-state index is -0.438. The Balaban J connectivity index is 3.45. The molecule has 0 saturated heterocycles. The molecule has 0 amide bonds. The number of ether oxygens (including phenoxy) is 1. The van der Waals surface area contributed by atoms with E-state index in [2.05, 4.69) is 27.3 Å². The second-order valence-corrected chi connectivity index (χ2v) is 2.69. The molecule has 0 radical (unpaired) electrons. The molecule has 0 aromatic carbocycles. The number of alkyl halides is 1. The Hall–Kier alpha value is 0.160. The van der Waals surface area contributed by atoms with Gasteiger partial charge in [0.05, 0.1) is 7.11 Å². The molecule has 9 heavy (non-hydrogen) atoms. The van der Waals surface area contributed by atoms with Crippen molar-refractivity contribution in [2.45, 2.75) is 12.5 Å². The van der Waals surface area contributed by atoms with Crippen LogP contribution < -0.4 is 5.73 Å². The lowest BCUT2D eigenvalue weighted by Crippen LogP contribution is -2.31. The summed E-state index contributed by atoms with van der Waals surface area (Å²) in [6.45, 7) is 0. The number of rotatable bonds is 3. The van der Waals surface area contributed by atoms with Gasteiger partial charge in [-0.1, -0.05) is 22.6 Å². The van der Waals surface area contributed by atoms with E-state index in [1.165, 1.54) is 7.11 Å². The Labute approximate surface area is 68.1 Å². The first-order chi connectivity index (χ1) is 4.22. The molecule has 4 heteroatoms. The van der Waals surface area contributed by atoms with Crippen molar-refractivity contribution in [2.75, 3.05) is 11.5 Å². The van der Waals surface area contributed by atoms with Gasteiger partial charge in [0.15, 0.2) is 0 Å². The molecule has 0 unspecified atom stereocenters. The minimum absolute atomic E-state index is 0.327. The van der Waals surface area contributed by atoms with E-state index in [1.54, 1.807) is 0 Å². The summed E-state index contributed by atoms with van der Waals surface area (Å²) in [5, 5.41) is 0. The minimum Gasteiger partial charge on any atom is -0.468 e. The second-order valence-electron chi connectivity index (χ2n) is 1.61. The summed E-state index contributed by atoms with van der Waals surface area (Å²) in [6.07, 6.45) is 0.688. The maximum Gasteiger partial charge on any atom is 0.322 e. The molecule has 0 fully saturated rings.